The van der Waals surface area contributed by atoms with Crippen LogP contribution in [0.15, 0.2) is 18.2 Å². The van der Waals surface area contributed by atoms with Gasteiger partial charge in [0, 0.05) is 6.42 Å². The van der Waals surface area contributed by atoms with E-state index >= 15 is 0 Å². The van der Waals surface area contributed by atoms with Gasteiger partial charge in [-0.05, 0) is 36.0 Å². The maximum atomic E-state index is 10.6. The minimum atomic E-state index is -0.713. The summed E-state index contributed by atoms with van der Waals surface area (Å²) >= 11 is 0. The Labute approximate surface area is 99.2 Å². The molecule has 0 radical (unpaired) electrons. The summed E-state index contributed by atoms with van der Waals surface area (Å²) in [5.74, 6) is 1.53. The van der Waals surface area contributed by atoms with Gasteiger partial charge in [-0.15, -0.1) is 0 Å². The van der Waals surface area contributed by atoms with Gasteiger partial charge in [-0.25, -0.2) is 0 Å². The van der Waals surface area contributed by atoms with Crippen molar-refractivity contribution in [2.45, 2.75) is 18.8 Å². The average Bonchev–Trinajstić information content (AvgIpc) is 3.07. The van der Waals surface area contributed by atoms with Crippen LogP contribution in [0.3, 0.4) is 0 Å². The van der Waals surface area contributed by atoms with Crippen LogP contribution in [0.25, 0.3) is 0 Å². The normalized spacial score (nSPS) is 25.4. The maximum absolute atomic E-state index is 10.6. The van der Waals surface area contributed by atoms with Crippen molar-refractivity contribution in [2.75, 3.05) is 13.2 Å². The van der Waals surface area contributed by atoms with Gasteiger partial charge in [0.2, 0.25) is 0 Å². The first-order valence-corrected chi connectivity index (χ1v) is 5.85. The molecule has 1 aromatic rings. The lowest BCUT2D eigenvalue weighted by Crippen LogP contribution is -2.15. The van der Waals surface area contributed by atoms with Crippen molar-refractivity contribution >= 4 is 5.97 Å². The third-order valence-corrected chi connectivity index (χ3v) is 3.35. The van der Waals surface area contributed by atoms with Crippen LogP contribution < -0.4 is 9.47 Å². The fraction of sp³-hybridized carbons (Fsp3) is 0.462. The Morgan fingerprint density at radius 2 is 2.06 bits per heavy atom. The highest BCUT2D eigenvalue weighted by molar-refractivity contribution is 5.68. The smallest absolute Gasteiger partial charge is 0.303 e. The molecule has 1 aliphatic heterocycles. The predicted molar refractivity (Wildman–Crippen MR) is 60.5 cm³/mol. The van der Waals surface area contributed by atoms with Crippen molar-refractivity contribution in [3.8, 4) is 11.5 Å². The maximum Gasteiger partial charge on any atom is 0.303 e. The molecule has 1 aromatic carbocycles. The highest BCUT2D eigenvalue weighted by atomic mass is 16.6. The summed E-state index contributed by atoms with van der Waals surface area (Å²) in [5, 5.41) is 8.74. The van der Waals surface area contributed by atoms with Gasteiger partial charge < -0.3 is 14.6 Å². The molecule has 1 saturated carbocycles. The summed E-state index contributed by atoms with van der Waals surface area (Å²) < 4.78 is 11.0. The largest absolute Gasteiger partial charge is 0.486 e. The zero-order valence-corrected chi connectivity index (χ0v) is 9.39. The first-order valence-electron chi connectivity index (χ1n) is 5.85. The zero-order valence-electron chi connectivity index (χ0n) is 9.39. The van der Waals surface area contributed by atoms with Crippen LogP contribution >= 0.6 is 0 Å². The van der Waals surface area contributed by atoms with Gasteiger partial charge in [0.1, 0.15) is 13.2 Å². The molecule has 90 valence electrons. The summed E-state index contributed by atoms with van der Waals surface area (Å²) in [6, 6.07) is 5.92. The van der Waals surface area contributed by atoms with Crippen molar-refractivity contribution in [2.24, 2.45) is 5.92 Å². The first kappa shape index (κ1) is 10.4. The molecule has 0 saturated heterocycles. The predicted octanol–water partition coefficient (Wildman–Crippen LogP) is 2.04. The second-order valence-corrected chi connectivity index (χ2v) is 4.60. The Bertz CT molecular complexity index is 455. The molecule has 3 rings (SSSR count). The van der Waals surface area contributed by atoms with Crippen LogP contribution in [-0.4, -0.2) is 24.3 Å². The van der Waals surface area contributed by atoms with Gasteiger partial charge in [0.15, 0.2) is 11.5 Å². The average molecular weight is 234 g/mol. The molecule has 17 heavy (non-hydrogen) atoms. The molecule has 2 unspecified atom stereocenters. The summed E-state index contributed by atoms with van der Waals surface area (Å²) in [5.41, 5.74) is 1.17. The standard InChI is InChI=1S/C13H14O4/c14-13(15)7-9-5-10(9)8-1-2-11-12(6-8)17-4-3-16-11/h1-2,6,9-10H,3-5,7H2,(H,14,15). The lowest BCUT2D eigenvalue weighted by atomic mass is 10.1. The molecule has 4 nitrogen and oxygen atoms in total. The topological polar surface area (TPSA) is 55.8 Å². The van der Waals surface area contributed by atoms with E-state index in [1.54, 1.807) is 0 Å². The molecule has 0 amide bonds. The number of ether oxygens (including phenoxy) is 2. The van der Waals surface area contributed by atoms with Gasteiger partial charge in [-0.3, -0.25) is 4.79 Å². The van der Waals surface area contributed by atoms with E-state index in [4.69, 9.17) is 14.6 Å². The number of carbonyl (C=O) groups is 1. The molecule has 4 heteroatoms. The summed E-state index contributed by atoms with van der Waals surface area (Å²) in [4.78, 5) is 10.6. The van der Waals surface area contributed by atoms with Crippen LogP contribution in [-0.2, 0) is 4.79 Å². The second kappa shape index (κ2) is 3.95. The van der Waals surface area contributed by atoms with E-state index in [1.165, 1.54) is 5.56 Å². The summed E-state index contributed by atoms with van der Waals surface area (Å²) in [6.07, 6.45) is 1.23. The van der Waals surface area contributed by atoms with Crippen LogP contribution in [0, 0.1) is 5.92 Å². The van der Waals surface area contributed by atoms with Gasteiger partial charge in [-0.2, -0.15) is 0 Å². The fourth-order valence-electron chi connectivity index (χ4n) is 2.40. The molecule has 0 spiro atoms. The number of fused-ring (bicyclic) bond motifs is 1. The number of benzene rings is 1. The highest BCUT2D eigenvalue weighted by Crippen LogP contribution is 2.51. The van der Waals surface area contributed by atoms with E-state index in [0.717, 1.165) is 17.9 Å². The quantitative estimate of drug-likeness (QED) is 0.869. The third-order valence-electron chi connectivity index (χ3n) is 3.35. The van der Waals surface area contributed by atoms with Gasteiger partial charge in [0.25, 0.3) is 0 Å². The molecule has 1 fully saturated rings. The van der Waals surface area contributed by atoms with Crippen LogP contribution in [0.4, 0.5) is 0 Å². The fourth-order valence-corrected chi connectivity index (χ4v) is 2.40. The van der Waals surface area contributed by atoms with Crippen molar-refractivity contribution in [3.63, 3.8) is 0 Å². The second-order valence-electron chi connectivity index (χ2n) is 4.60. The van der Waals surface area contributed by atoms with Crippen LogP contribution in [0.1, 0.15) is 24.3 Å². The van der Waals surface area contributed by atoms with E-state index in [2.05, 4.69) is 0 Å². The third kappa shape index (κ3) is 2.07. The first-order chi connectivity index (χ1) is 8.24. The molecule has 0 bridgehead atoms. The Morgan fingerprint density at radius 3 is 2.82 bits per heavy atom. The highest BCUT2D eigenvalue weighted by Gasteiger charge is 2.40. The SMILES string of the molecule is O=C(O)CC1CC1c1ccc2c(c1)OCCO2. The zero-order chi connectivity index (χ0) is 11.8. The number of hydrogen-bond donors (Lipinski definition) is 1. The lowest BCUT2D eigenvalue weighted by molar-refractivity contribution is -0.137. The Kier molecular flexibility index (Phi) is 2.42. The number of carboxylic acids is 1. The van der Waals surface area contributed by atoms with E-state index in [9.17, 15) is 4.79 Å². The van der Waals surface area contributed by atoms with E-state index in [1.807, 2.05) is 18.2 Å². The van der Waals surface area contributed by atoms with Gasteiger partial charge >= 0.3 is 5.97 Å². The molecular weight excluding hydrogens is 220 g/mol. The van der Waals surface area contributed by atoms with Crippen LogP contribution in [0.5, 0.6) is 11.5 Å². The monoisotopic (exact) mass is 234 g/mol. The minimum absolute atomic E-state index is 0.263. The molecule has 1 aliphatic carbocycles. The lowest BCUT2D eigenvalue weighted by Gasteiger charge is -2.18. The number of aliphatic carboxylic acids is 1. The van der Waals surface area contributed by atoms with Crippen molar-refractivity contribution < 1.29 is 19.4 Å². The Hall–Kier alpha value is -1.71. The van der Waals surface area contributed by atoms with Crippen LogP contribution in [0.2, 0.25) is 0 Å². The van der Waals surface area contributed by atoms with Crippen molar-refractivity contribution in [1.82, 2.24) is 0 Å². The van der Waals surface area contributed by atoms with E-state index < -0.39 is 5.97 Å². The molecule has 0 aromatic heterocycles. The van der Waals surface area contributed by atoms with Crippen molar-refractivity contribution in [1.29, 1.82) is 0 Å². The summed E-state index contributed by atoms with van der Waals surface area (Å²) in [6.45, 7) is 1.18. The summed E-state index contributed by atoms with van der Waals surface area (Å²) in [7, 11) is 0. The van der Waals surface area contributed by atoms with E-state index in [-0.39, 0.29) is 12.3 Å². The van der Waals surface area contributed by atoms with E-state index in [0.29, 0.717) is 19.1 Å². The molecule has 1 N–H and O–H groups in total. The molecular formula is C13H14O4. The van der Waals surface area contributed by atoms with Gasteiger partial charge in [0.05, 0.1) is 0 Å². The van der Waals surface area contributed by atoms with Crippen molar-refractivity contribution in [3.05, 3.63) is 23.8 Å². The number of carboxylic acid groups (broad SMARTS) is 1. The Morgan fingerprint density at radius 1 is 1.29 bits per heavy atom. The molecule has 2 atom stereocenters. The van der Waals surface area contributed by atoms with Gasteiger partial charge in [-0.1, -0.05) is 6.07 Å². The number of hydrogen-bond acceptors (Lipinski definition) is 3. The number of rotatable bonds is 3. The molecule has 2 aliphatic rings. The Balaban J connectivity index is 1.75. The molecule has 1 heterocycles. The minimum Gasteiger partial charge on any atom is -0.486 e.